The van der Waals surface area contributed by atoms with E-state index in [0.29, 0.717) is 27.9 Å². The molecule has 0 radical (unpaired) electrons. The van der Waals surface area contributed by atoms with Crippen molar-refractivity contribution in [3.05, 3.63) is 105 Å². The number of hydrogen-bond donors (Lipinski definition) is 0. The Morgan fingerprint density at radius 2 is 1.65 bits per heavy atom. The van der Waals surface area contributed by atoms with Crippen LogP contribution < -0.4 is 4.90 Å². The molecule has 1 aliphatic heterocycles. The molecular weight excluding hydrogens is 510 g/mol. The maximum absolute atomic E-state index is 14.1. The molecule has 1 aliphatic rings. The van der Waals surface area contributed by atoms with Gasteiger partial charge in [0.05, 0.1) is 35.2 Å². The van der Waals surface area contributed by atoms with E-state index in [1.165, 1.54) is 17.0 Å². The van der Waals surface area contributed by atoms with Crippen LogP contribution in [0.5, 0.6) is 0 Å². The van der Waals surface area contributed by atoms with E-state index in [4.69, 9.17) is 4.74 Å². The summed E-state index contributed by atoms with van der Waals surface area (Å²) in [5.41, 5.74) is 2.55. The number of carbonyl (C=O) groups excluding carboxylic acids is 3. The molecular formula is C31H29N3O6. The molecule has 204 valence electrons. The van der Waals surface area contributed by atoms with Crippen LogP contribution in [0.4, 0.5) is 11.4 Å². The average molecular weight is 540 g/mol. The third kappa shape index (κ3) is 6.18. The van der Waals surface area contributed by atoms with Crippen molar-refractivity contribution in [2.45, 2.75) is 39.3 Å². The molecule has 0 saturated heterocycles. The van der Waals surface area contributed by atoms with E-state index >= 15 is 0 Å². The summed E-state index contributed by atoms with van der Waals surface area (Å²) in [5.74, 6) is 4.85. The lowest BCUT2D eigenvalue weighted by Crippen LogP contribution is -2.44. The molecule has 1 heterocycles. The second-order valence-electron chi connectivity index (χ2n) is 9.51. The minimum absolute atomic E-state index is 0.0319. The van der Waals surface area contributed by atoms with Gasteiger partial charge in [-0.1, -0.05) is 42.2 Å². The predicted octanol–water partition coefficient (Wildman–Crippen LogP) is 4.89. The number of nitrogens with zero attached hydrogens (tertiary/aromatic N) is 3. The fraction of sp³-hybridized carbons (Fsp3) is 0.258. The van der Waals surface area contributed by atoms with Gasteiger partial charge in [-0.2, -0.15) is 0 Å². The maximum atomic E-state index is 14.1. The highest BCUT2D eigenvalue weighted by molar-refractivity contribution is 6.10. The van der Waals surface area contributed by atoms with E-state index in [-0.39, 0.29) is 37.2 Å². The maximum Gasteiger partial charge on any atom is 0.308 e. The summed E-state index contributed by atoms with van der Waals surface area (Å²) < 4.78 is 5.19. The molecule has 1 atom stereocenters. The van der Waals surface area contributed by atoms with E-state index in [9.17, 15) is 24.5 Å². The second-order valence-corrected chi connectivity index (χ2v) is 9.51. The SMILES string of the molecule is CCOC(=O)CC(c1ccccc1)N1CC(=O)N(C(C)C)c2ccc(C#Cc3ccc([N+](=O)[O-])cc3)cc2C1=O. The Kier molecular flexibility index (Phi) is 8.60. The van der Waals surface area contributed by atoms with E-state index in [2.05, 4.69) is 11.8 Å². The lowest BCUT2D eigenvalue weighted by atomic mass is 10.00. The molecule has 3 aromatic carbocycles. The highest BCUT2D eigenvalue weighted by atomic mass is 16.6. The minimum atomic E-state index is -0.716. The predicted molar refractivity (Wildman–Crippen MR) is 150 cm³/mol. The fourth-order valence-electron chi connectivity index (χ4n) is 4.67. The molecule has 0 fully saturated rings. The Bertz CT molecular complexity index is 1490. The van der Waals surface area contributed by atoms with Crippen LogP contribution in [0, 0.1) is 22.0 Å². The van der Waals surface area contributed by atoms with Crippen LogP contribution >= 0.6 is 0 Å². The lowest BCUT2D eigenvalue weighted by Gasteiger charge is -2.31. The normalized spacial score (nSPS) is 13.7. The third-order valence-corrected chi connectivity index (χ3v) is 6.49. The van der Waals surface area contributed by atoms with Gasteiger partial charge < -0.3 is 14.5 Å². The number of amides is 2. The van der Waals surface area contributed by atoms with Gasteiger partial charge in [0.2, 0.25) is 5.91 Å². The number of hydrogen-bond acceptors (Lipinski definition) is 6. The summed E-state index contributed by atoms with van der Waals surface area (Å²) in [4.78, 5) is 53.7. The van der Waals surface area contributed by atoms with E-state index in [0.717, 1.165) is 0 Å². The number of esters is 1. The van der Waals surface area contributed by atoms with E-state index < -0.39 is 22.8 Å². The Hall–Kier alpha value is -4.97. The Labute approximate surface area is 232 Å². The first kappa shape index (κ1) is 28.0. The Morgan fingerprint density at radius 3 is 2.27 bits per heavy atom. The Morgan fingerprint density at radius 1 is 1.00 bits per heavy atom. The second kappa shape index (κ2) is 12.3. The van der Waals surface area contributed by atoms with Gasteiger partial charge in [0.15, 0.2) is 0 Å². The van der Waals surface area contributed by atoms with Gasteiger partial charge in [0.25, 0.3) is 11.6 Å². The Balaban J connectivity index is 1.77. The first-order chi connectivity index (χ1) is 19.2. The van der Waals surface area contributed by atoms with Crippen molar-refractivity contribution in [1.29, 1.82) is 0 Å². The largest absolute Gasteiger partial charge is 0.466 e. The van der Waals surface area contributed by atoms with Crippen molar-refractivity contribution in [2.75, 3.05) is 18.1 Å². The summed E-state index contributed by atoms with van der Waals surface area (Å²) >= 11 is 0. The summed E-state index contributed by atoms with van der Waals surface area (Å²) in [6.07, 6.45) is -0.104. The molecule has 4 rings (SSSR count). The summed E-state index contributed by atoms with van der Waals surface area (Å²) in [5, 5.41) is 10.9. The summed E-state index contributed by atoms with van der Waals surface area (Å²) in [7, 11) is 0. The number of carbonyl (C=O) groups is 3. The highest BCUT2D eigenvalue weighted by Gasteiger charge is 2.37. The average Bonchev–Trinajstić information content (AvgIpc) is 3.05. The zero-order chi connectivity index (χ0) is 28.8. The number of anilines is 1. The highest BCUT2D eigenvalue weighted by Crippen LogP contribution is 2.34. The molecule has 0 N–H and O–H groups in total. The van der Waals surface area contributed by atoms with E-state index in [1.54, 1.807) is 42.2 Å². The number of benzene rings is 3. The quantitative estimate of drug-likeness (QED) is 0.183. The van der Waals surface area contributed by atoms with Crippen molar-refractivity contribution < 1.29 is 24.0 Å². The van der Waals surface area contributed by atoms with Crippen LogP contribution in [0.25, 0.3) is 0 Å². The van der Waals surface area contributed by atoms with E-state index in [1.807, 2.05) is 44.2 Å². The van der Waals surface area contributed by atoms with Gasteiger partial charge >= 0.3 is 5.97 Å². The van der Waals surface area contributed by atoms with Crippen molar-refractivity contribution in [3.63, 3.8) is 0 Å². The van der Waals surface area contributed by atoms with Gasteiger partial charge in [0, 0.05) is 29.3 Å². The van der Waals surface area contributed by atoms with Crippen molar-refractivity contribution >= 4 is 29.2 Å². The molecule has 0 spiro atoms. The van der Waals surface area contributed by atoms with Crippen molar-refractivity contribution in [3.8, 4) is 11.8 Å². The molecule has 9 heteroatoms. The number of nitro groups is 1. The van der Waals surface area contributed by atoms with Crippen molar-refractivity contribution in [1.82, 2.24) is 4.90 Å². The van der Waals surface area contributed by atoms with Gasteiger partial charge in [-0.05, 0) is 56.7 Å². The molecule has 0 aromatic heterocycles. The molecule has 3 aromatic rings. The molecule has 40 heavy (non-hydrogen) atoms. The number of rotatable bonds is 7. The zero-order valence-corrected chi connectivity index (χ0v) is 22.5. The van der Waals surface area contributed by atoms with Crippen LogP contribution in [0.15, 0.2) is 72.8 Å². The number of non-ortho nitro benzene ring substituents is 1. The molecule has 0 saturated carbocycles. The number of ether oxygens (including phenoxy) is 1. The van der Waals surface area contributed by atoms with Crippen LogP contribution in [-0.2, 0) is 14.3 Å². The molecule has 1 unspecified atom stereocenters. The number of fused-ring (bicyclic) bond motifs is 1. The van der Waals surface area contributed by atoms with Crippen LogP contribution in [0.2, 0.25) is 0 Å². The van der Waals surface area contributed by atoms with Gasteiger partial charge in [0.1, 0.15) is 6.54 Å². The lowest BCUT2D eigenvalue weighted by molar-refractivity contribution is -0.384. The molecule has 0 bridgehead atoms. The zero-order valence-electron chi connectivity index (χ0n) is 22.5. The molecule has 9 nitrogen and oxygen atoms in total. The molecule has 0 aliphatic carbocycles. The monoisotopic (exact) mass is 539 g/mol. The van der Waals surface area contributed by atoms with Crippen LogP contribution in [-0.4, -0.2) is 46.8 Å². The first-order valence-corrected chi connectivity index (χ1v) is 12.9. The third-order valence-electron chi connectivity index (χ3n) is 6.49. The standard InChI is InChI=1S/C31H29N3O6/c1-4-40-30(36)19-28(24-8-6-5-7-9-24)32-20-29(35)33(21(2)3)27-17-14-23(18-26(27)31(32)37)11-10-22-12-15-25(16-13-22)34(38)39/h5-9,12-18,21,28H,4,19-20H2,1-3H3. The molecule has 2 amide bonds. The summed E-state index contributed by atoms with van der Waals surface area (Å²) in [6, 6.07) is 19.1. The van der Waals surface area contributed by atoms with Crippen LogP contribution in [0.3, 0.4) is 0 Å². The van der Waals surface area contributed by atoms with Gasteiger partial charge in [-0.25, -0.2) is 0 Å². The summed E-state index contributed by atoms with van der Waals surface area (Å²) in [6.45, 7) is 5.45. The van der Waals surface area contributed by atoms with Gasteiger partial charge in [-0.15, -0.1) is 0 Å². The first-order valence-electron chi connectivity index (χ1n) is 12.9. The topological polar surface area (TPSA) is 110 Å². The van der Waals surface area contributed by atoms with Crippen molar-refractivity contribution in [2.24, 2.45) is 0 Å². The smallest absolute Gasteiger partial charge is 0.308 e. The van der Waals surface area contributed by atoms with Crippen LogP contribution in [0.1, 0.15) is 60.3 Å². The number of nitro benzene ring substituents is 1. The van der Waals surface area contributed by atoms with Gasteiger partial charge in [-0.3, -0.25) is 24.5 Å². The fourth-order valence-corrected chi connectivity index (χ4v) is 4.67. The minimum Gasteiger partial charge on any atom is -0.466 e.